The van der Waals surface area contributed by atoms with E-state index in [0.29, 0.717) is 43.3 Å². The van der Waals surface area contributed by atoms with Crippen molar-refractivity contribution < 1.29 is 0 Å². The molecule has 0 radical (unpaired) electrons. The van der Waals surface area contributed by atoms with Gasteiger partial charge in [0, 0.05) is 0 Å². The van der Waals surface area contributed by atoms with Crippen molar-refractivity contribution in [2.45, 2.75) is 447 Å². The third kappa shape index (κ3) is 13.2. The van der Waals surface area contributed by atoms with Crippen LogP contribution >= 0.6 is 0 Å². The van der Waals surface area contributed by atoms with Gasteiger partial charge in [-0.3, -0.25) is 0 Å². The molecule has 0 aliphatic heterocycles. The Morgan fingerprint density at radius 3 is 1.09 bits per heavy atom. The van der Waals surface area contributed by atoms with E-state index in [0.717, 1.165) is 172 Å². The summed E-state index contributed by atoms with van der Waals surface area (Å²) < 4.78 is 0. The molecular weight excluding hydrogens is 1260 g/mol. The molecule has 0 spiro atoms. The van der Waals surface area contributed by atoms with Crippen LogP contribution in [0.25, 0.3) is 0 Å². The van der Waals surface area contributed by atoms with Crippen molar-refractivity contribution in [1.29, 1.82) is 0 Å². The topological polar surface area (TPSA) is 0 Å². The van der Waals surface area contributed by atoms with Crippen LogP contribution in [0.2, 0.25) is 0 Å². The summed E-state index contributed by atoms with van der Waals surface area (Å²) in [7, 11) is 0. The van der Waals surface area contributed by atoms with Crippen LogP contribution in [0.5, 0.6) is 0 Å². The average Bonchev–Trinajstić information content (AvgIpc) is 0.436. The summed E-state index contributed by atoms with van der Waals surface area (Å²) in [5.41, 5.74) is 3.92. The molecule has 0 saturated heterocycles. The molecule has 13 saturated carbocycles. The minimum atomic E-state index is 0.427. The van der Waals surface area contributed by atoms with Gasteiger partial charge >= 0.3 is 0 Å². The highest BCUT2D eigenvalue weighted by molar-refractivity contribution is 5.41. The summed E-state index contributed by atoms with van der Waals surface area (Å²) in [4.78, 5) is 0. The largest absolute Gasteiger partial charge is 0.0622 e. The van der Waals surface area contributed by atoms with Crippen molar-refractivity contribution in [3.63, 3.8) is 0 Å². The first-order valence-electron chi connectivity index (χ1n) is 50.2. The van der Waals surface area contributed by atoms with Gasteiger partial charge in [-0.1, -0.05) is 383 Å². The predicted octanol–water partition coefficient (Wildman–Crippen LogP) is 32.7. The van der Waals surface area contributed by atoms with Crippen LogP contribution in [0.3, 0.4) is 0 Å². The summed E-state index contributed by atoms with van der Waals surface area (Å²) in [5.74, 6) is 27.2. The van der Waals surface area contributed by atoms with Gasteiger partial charge in [0.15, 0.2) is 0 Å². The van der Waals surface area contributed by atoms with Crippen LogP contribution in [0.1, 0.15) is 447 Å². The van der Waals surface area contributed by atoms with Crippen LogP contribution < -0.4 is 0 Å². The Balaban J connectivity index is 0.683. The van der Waals surface area contributed by atoms with E-state index < -0.39 is 0 Å². The minimum Gasteiger partial charge on any atom is -0.0622 e. The van der Waals surface area contributed by atoms with Crippen molar-refractivity contribution >= 4 is 0 Å². The van der Waals surface area contributed by atoms with E-state index >= 15 is 0 Å². The standard InChI is InChI=1S/C105H186/c1-69-54-44-40-38-36-34-32-30-28-26-24-22-23-25-27-29-31-33-35-37-39-41-45-55-70(2)79(11)88-80(12)101(17)95(88)91-90-89-85-62-53-51-60-83-68-87-94-93-86-63-47-43-42-46-58-82-59-50-52-61-84(77(69)9)78(10)71(3)64-65-73(5)98(82,14)72(4)56-48-49-57-76(8)102(86,18)104(93,20)105(94,21)103(87,19)81(13)99(83,15)74(6)66-67-75(7)100(85,16)96(89)92(90)97(91)101/h69-97H,22-68H2,1-21H3/t69-,70+,71+,72+,73-,74+,75-,76-,77-,78+,79?,80?,81+,82+,83+,84+,85-,86-,87+,88?,89-,90-,91-,92+,93-,94+,95+,96-,97+,98-,99-,100-,101+,102-,103+,104+,105-/m1/s1. The quantitative estimate of drug-likeness (QED) is 0.227. The molecule has 13 fully saturated rings. The molecule has 0 N–H and O–H groups in total. The molecule has 0 aromatic rings. The maximum Gasteiger partial charge on any atom is -0.0170 e. The highest BCUT2D eigenvalue weighted by Gasteiger charge is 2.95. The Bertz CT molecular complexity index is 2730. The first-order chi connectivity index (χ1) is 50.2. The molecule has 0 amide bonds. The van der Waals surface area contributed by atoms with E-state index in [4.69, 9.17) is 0 Å². The van der Waals surface area contributed by atoms with Gasteiger partial charge in [-0.05, 0) is 279 Å². The first-order valence-corrected chi connectivity index (χ1v) is 50.2. The lowest BCUT2D eigenvalue weighted by atomic mass is 9.06. The van der Waals surface area contributed by atoms with Crippen molar-refractivity contribution in [1.82, 2.24) is 0 Å². The third-order valence-electron chi connectivity index (χ3n) is 45.0. The second kappa shape index (κ2) is 33.3. The van der Waals surface area contributed by atoms with Crippen LogP contribution in [0, 0.1) is 215 Å². The van der Waals surface area contributed by atoms with E-state index in [9.17, 15) is 0 Å². The first kappa shape index (κ1) is 83.0. The number of hydrogen-bond donors (Lipinski definition) is 0. The molecule has 3 unspecified atom stereocenters. The van der Waals surface area contributed by atoms with Gasteiger partial charge in [-0.2, -0.15) is 0 Å². The van der Waals surface area contributed by atoms with Crippen molar-refractivity contribution in [3.8, 4) is 0 Å². The summed E-state index contributed by atoms with van der Waals surface area (Å²) >= 11 is 0. The highest BCUT2D eigenvalue weighted by atomic mass is 15.0. The van der Waals surface area contributed by atoms with Gasteiger partial charge in [0.05, 0.1) is 0 Å². The molecule has 37 atom stereocenters. The Labute approximate surface area is 658 Å². The normalized spacial score (nSPS) is 55.8. The van der Waals surface area contributed by atoms with E-state index in [-0.39, 0.29) is 0 Å². The second-order valence-corrected chi connectivity index (χ2v) is 46.9. The molecule has 6 bridgehead atoms. The zero-order valence-corrected chi connectivity index (χ0v) is 75.0. The molecule has 0 heterocycles. The lowest BCUT2D eigenvalue weighted by Gasteiger charge is -2.98. The van der Waals surface area contributed by atoms with Crippen LogP contribution in [0.4, 0.5) is 0 Å². The zero-order valence-electron chi connectivity index (χ0n) is 75.0. The Kier molecular flexibility index (Phi) is 26.3. The molecule has 13 aliphatic rings. The molecule has 105 heavy (non-hydrogen) atoms. The Morgan fingerprint density at radius 1 is 0.210 bits per heavy atom. The van der Waals surface area contributed by atoms with Gasteiger partial charge in [0.25, 0.3) is 0 Å². The van der Waals surface area contributed by atoms with E-state index in [1.165, 1.54) is 289 Å². The summed E-state index contributed by atoms with van der Waals surface area (Å²) in [5, 5.41) is 0. The average molecular weight is 1450 g/mol. The maximum absolute atomic E-state index is 3.01. The van der Waals surface area contributed by atoms with Crippen molar-refractivity contribution in [3.05, 3.63) is 0 Å². The van der Waals surface area contributed by atoms with Crippen LogP contribution in [-0.4, -0.2) is 0 Å². The number of rotatable bonds is 0. The molecule has 0 heteroatoms. The fourth-order valence-electron chi connectivity index (χ4n) is 36.5. The third-order valence-corrected chi connectivity index (χ3v) is 45.0. The fourth-order valence-corrected chi connectivity index (χ4v) is 36.5. The van der Waals surface area contributed by atoms with Crippen molar-refractivity contribution in [2.24, 2.45) is 215 Å². The van der Waals surface area contributed by atoms with Gasteiger partial charge in [0.1, 0.15) is 0 Å². The smallest absolute Gasteiger partial charge is 0.0170 e. The molecule has 13 aliphatic carbocycles. The van der Waals surface area contributed by atoms with Gasteiger partial charge in [-0.25, -0.2) is 0 Å². The molecule has 0 nitrogen and oxygen atoms in total. The number of fused-ring (bicyclic) bond motifs is 19. The molecular formula is C105H186. The highest BCUT2D eigenvalue weighted by Crippen LogP contribution is 2.99. The SMILES string of the molecule is CC1C2C(C)[C@]3(C)[C@@H]4[C@H]5[C@H]([C@@H]6[C@H]5[C@]5(C)[C@H](C)CC[C@H](C)[C@@]7(C)[C@@H](CCCC[C@H]65)C[C@H]5[C@H]6[C@H]8[C@H]9CCCCCC[C@H]%10CCCC[C@H]([C@@H](C)[C@@H](C)CC[C@@H](C)[C@@]%10(C)[C@@H](C)CCCC[C@@H](C)[C@@]9(C)[C@@]8(C)[C@@]6(C)[C@@]5(C)[C@H]7C)[C@H](C)[C@H](C)CCCCCCCCCCCCCCCCCCCCCCCC[C@@H]1C)[C@@H]4[C@H]23. The summed E-state index contributed by atoms with van der Waals surface area (Å²) in [6.45, 7) is 59.9. The minimum absolute atomic E-state index is 0.427. The fraction of sp³-hybridized carbons (Fsp3) is 1.00. The van der Waals surface area contributed by atoms with Crippen LogP contribution in [0.15, 0.2) is 0 Å². The van der Waals surface area contributed by atoms with E-state index in [1.807, 2.05) is 0 Å². The lowest BCUT2D eigenvalue weighted by molar-refractivity contribution is -0.510. The molecule has 13 rings (SSSR count). The van der Waals surface area contributed by atoms with Gasteiger partial charge in [0.2, 0.25) is 0 Å². The molecule has 606 valence electrons. The molecule has 0 aromatic heterocycles. The van der Waals surface area contributed by atoms with Crippen molar-refractivity contribution in [2.75, 3.05) is 0 Å². The van der Waals surface area contributed by atoms with Gasteiger partial charge in [-0.15, -0.1) is 0 Å². The zero-order chi connectivity index (χ0) is 75.0. The van der Waals surface area contributed by atoms with E-state index in [1.54, 1.807) is 12.8 Å². The monoisotopic (exact) mass is 1450 g/mol. The van der Waals surface area contributed by atoms with E-state index in [2.05, 4.69) is 145 Å². The second-order valence-electron chi connectivity index (χ2n) is 46.9. The number of hydrogen-bond acceptors (Lipinski definition) is 0. The maximum atomic E-state index is 3.01. The predicted molar refractivity (Wildman–Crippen MR) is 457 cm³/mol. The Morgan fingerprint density at radius 2 is 0.552 bits per heavy atom. The Hall–Kier alpha value is 0. The van der Waals surface area contributed by atoms with Gasteiger partial charge < -0.3 is 0 Å². The lowest BCUT2D eigenvalue weighted by Crippen LogP contribution is -2.94. The summed E-state index contributed by atoms with van der Waals surface area (Å²) in [6, 6.07) is 0. The summed E-state index contributed by atoms with van der Waals surface area (Å²) in [6.07, 6.45) is 70.1. The molecule has 0 aromatic carbocycles. The van der Waals surface area contributed by atoms with Crippen LogP contribution in [-0.2, 0) is 0 Å².